The van der Waals surface area contributed by atoms with Crippen LogP contribution in [0.3, 0.4) is 0 Å². The van der Waals surface area contributed by atoms with Gasteiger partial charge in [-0.15, -0.1) is 6.42 Å². The predicted molar refractivity (Wildman–Crippen MR) is 149 cm³/mol. The number of esters is 1. The van der Waals surface area contributed by atoms with Crippen LogP contribution in [0.2, 0.25) is 0 Å². The van der Waals surface area contributed by atoms with Gasteiger partial charge < -0.3 is 24.4 Å². The molecular weight excluding hydrogens is 574 g/mol. The number of hydrogen-bond acceptors (Lipinski definition) is 11. The standard InChI is InChI=1S/C27H34FN4O9P/c1-5-27(35,32-17-16-23(33)29-20(32)3)25(30-36)26(28,38-4)18-39-42(37,41-22-14-10-7-11-15-22)31-19(2)24(34)40-21-12-8-6-9-13-21/h1,7,10-11,14-17,19,21,25,35H,3,6,8-9,12-13,18H2,2,4H3,(H,29,33)(H,31,37)/t19?,25-,26-,27-,42?/m1/s1. The Balaban J connectivity index is 1.86. The summed E-state index contributed by atoms with van der Waals surface area (Å²) < 4.78 is 51.5. The minimum Gasteiger partial charge on any atom is -0.461 e. The monoisotopic (exact) mass is 608 g/mol. The molecular formula is C27H34FN4O9P. The highest BCUT2D eigenvalue weighted by molar-refractivity contribution is 7.52. The van der Waals surface area contributed by atoms with Gasteiger partial charge in [-0.2, -0.15) is 9.99 Å². The van der Waals surface area contributed by atoms with Gasteiger partial charge >= 0.3 is 13.7 Å². The van der Waals surface area contributed by atoms with Gasteiger partial charge in [0.2, 0.25) is 11.8 Å². The number of amides is 1. The van der Waals surface area contributed by atoms with Crippen molar-refractivity contribution < 1.29 is 42.2 Å². The van der Waals surface area contributed by atoms with Crippen LogP contribution in [0, 0.1) is 17.3 Å². The minimum absolute atomic E-state index is 0.0405. The first-order valence-electron chi connectivity index (χ1n) is 13.1. The van der Waals surface area contributed by atoms with Crippen LogP contribution in [-0.2, 0) is 28.2 Å². The van der Waals surface area contributed by atoms with Gasteiger partial charge in [0.1, 0.15) is 30.3 Å². The normalized spacial score (nSPS) is 21.5. The van der Waals surface area contributed by atoms with Crippen LogP contribution in [0.15, 0.2) is 60.2 Å². The molecule has 1 aromatic carbocycles. The maximum absolute atomic E-state index is 16.3. The molecule has 0 saturated heterocycles. The Morgan fingerprint density at radius 1 is 1.36 bits per heavy atom. The predicted octanol–water partition coefficient (Wildman–Crippen LogP) is 3.23. The van der Waals surface area contributed by atoms with Gasteiger partial charge in [-0.25, -0.2) is 8.96 Å². The zero-order chi connectivity index (χ0) is 31.0. The SMILES string of the molecule is C#C[C@@](O)([C@H](N=O)[C@@](F)(COP(=O)(NC(C)C(=O)OC1CCCCC1)Oc1ccccc1)OC)N1C=CC(=O)NC1=C. The van der Waals surface area contributed by atoms with Crippen molar-refractivity contribution in [2.24, 2.45) is 5.18 Å². The number of alkyl halides is 1. The molecule has 1 aromatic rings. The molecule has 13 nitrogen and oxygen atoms in total. The number of nitrogens with one attached hydrogen (secondary N) is 2. The second-order valence-corrected chi connectivity index (χ2v) is 11.4. The molecule has 42 heavy (non-hydrogen) atoms. The molecule has 2 unspecified atom stereocenters. The van der Waals surface area contributed by atoms with Gasteiger partial charge in [0.05, 0.1) is 0 Å². The van der Waals surface area contributed by atoms with Gasteiger partial charge in [0.15, 0.2) is 0 Å². The summed E-state index contributed by atoms with van der Waals surface area (Å²) in [5.41, 5.74) is -2.88. The summed E-state index contributed by atoms with van der Waals surface area (Å²) in [6, 6.07) is 4.01. The average Bonchev–Trinajstić information content (AvgIpc) is 2.97. The van der Waals surface area contributed by atoms with E-state index in [1.54, 1.807) is 18.2 Å². The van der Waals surface area contributed by atoms with Crippen molar-refractivity contribution >= 4 is 19.6 Å². The number of rotatable bonds is 14. The maximum Gasteiger partial charge on any atom is 0.459 e. The highest BCUT2D eigenvalue weighted by Gasteiger charge is 2.58. The molecule has 2 aliphatic rings. The summed E-state index contributed by atoms with van der Waals surface area (Å²) in [7, 11) is -3.79. The number of methoxy groups -OCH3 is 1. The van der Waals surface area contributed by atoms with E-state index >= 15 is 4.39 Å². The molecule has 228 valence electrons. The number of benzene rings is 1. The van der Waals surface area contributed by atoms with E-state index in [0.29, 0.717) is 12.8 Å². The lowest BCUT2D eigenvalue weighted by atomic mass is 9.95. The Morgan fingerprint density at radius 2 is 2.02 bits per heavy atom. The molecule has 5 atom stereocenters. The number of aliphatic hydroxyl groups is 1. The number of ether oxygens (including phenoxy) is 2. The van der Waals surface area contributed by atoms with Crippen molar-refractivity contribution in [2.75, 3.05) is 13.7 Å². The molecule has 0 bridgehead atoms. The number of terminal acetylenes is 1. The smallest absolute Gasteiger partial charge is 0.459 e. The molecule has 0 spiro atoms. The van der Waals surface area contributed by atoms with Crippen molar-refractivity contribution in [3.8, 4) is 18.1 Å². The lowest BCUT2D eigenvalue weighted by Crippen LogP contribution is -2.63. The van der Waals surface area contributed by atoms with Crippen molar-refractivity contribution in [3.63, 3.8) is 0 Å². The van der Waals surface area contributed by atoms with Gasteiger partial charge in [-0.05, 0) is 50.7 Å². The number of nitrogens with zero attached hydrogens (tertiary/aromatic N) is 2. The van der Waals surface area contributed by atoms with E-state index in [-0.39, 0.29) is 17.7 Å². The fourth-order valence-corrected chi connectivity index (χ4v) is 5.91. The first-order chi connectivity index (χ1) is 19.9. The molecule has 0 radical (unpaired) electrons. The van der Waals surface area contributed by atoms with Crippen LogP contribution in [-0.4, -0.2) is 65.4 Å². The van der Waals surface area contributed by atoms with Gasteiger partial charge in [0, 0.05) is 19.4 Å². The summed E-state index contributed by atoms with van der Waals surface area (Å²) in [5.74, 6) is -3.05. The molecule has 0 aromatic heterocycles. The largest absolute Gasteiger partial charge is 0.461 e. The Hall–Kier alpha value is -3.60. The first kappa shape index (κ1) is 32.9. The average molecular weight is 609 g/mol. The second-order valence-electron chi connectivity index (χ2n) is 9.71. The first-order valence-corrected chi connectivity index (χ1v) is 14.7. The summed E-state index contributed by atoms with van der Waals surface area (Å²) >= 11 is 0. The number of carbonyl (C=O) groups excluding carboxylic acids is 2. The van der Waals surface area contributed by atoms with Crippen molar-refractivity contribution in [2.45, 2.75) is 68.8 Å². The Kier molecular flexibility index (Phi) is 11.0. The molecule has 1 heterocycles. The third-order valence-corrected chi connectivity index (χ3v) is 8.31. The van der Waals surface area contributed by atoms with Gasteiger partial charge in [-0.1, -0.05) is 36.4 Å². The third kappa shape index (κ3) is 7.81. The second kappa shape index (κ2) is 14.0. The fraction of sp³-hybridized carbons (Fsp3) is 0.481. The van der Waals surface area contributed by atoms with E-state index in [0.717, 1.165) is 43.5 Å². The molecule has 3 rings (SSSR count). The third-order valence-electron chi connectivity index (χ3n) is 6.69. The zero-order valence-corrected chi connectivity index (χ0v) is 24.1. The van der Waals surface area contributed by atoms with Crippen LogP contribution >= 0.6 is 7.75 Å². The topological polar surface area (TPSA) is 165 Å². The van der Waals surface area contributed by atoms with Crippen LogP contribution < -0.4 is 14.9 Å². The van der Waals surface area contributed by atoms with Crippen molar-refractivity contribution in [3.05, 3.63) is 59.9 Å². The van der Waals surface area contributed by atoms with Crippen molar-refractivity contribution in [1.29, 1.82) is 0 Å². The molecule has 1 aliphatic heterocycles. The van der Waals surface area contributed by atoms with E-state index in [9.17, 15) is 24.2 Å². The Bertz CT molecular complexity index is 1270. The molecule has 1 saturated carbocycles. The maximum atomic E-state index is 16.3. The van der Waals surface area contributed by atoms with E-state index < -0.39 is 49.9 Å². The van der Waals surface area contributed by atoms with E-state index in [1.807, 2.05) is 5.92 Å². The number of halogens is 1. The van der Waals surface area contributed by atoms with E-state index in [2.05, 4.69) is 22.2 Å². The minimum atomic E-state index is -4.63. The van der Waals surface area contributed by atoms with Crippen LogP contribution in [0.5, 0.6) is 5.75 Å². The summed E-state index contributed by atoms with van der Waals surface area (Å²) in [5, 5.41) is 18.6. The lowest BCUT2D eigenvalue weighted by molar-refractivity contribution is -0.206. The highest BCUT2D eigenvalue weighted by Crippen LogP contribution is 2.47. The van der Waals surface area contributed by atoms with Gasteiger partial charge in [0.25, 0.3) is 11.8 Å². The molecule has 3 N–H and O–H groups in total. The Morgan fingerprint density at radius 3 is 2.60 bits per heavy atom. The van der Waals surface area contributed by atoms with Gasteiger partial charge in [-0.3, -0.25) is 19.0 Å². The quantitative estimate of drug-likeness (QED) is 0.123. The summed E-state index contributed by atoms with van der Waals surface area (Å²) in [6.45, 7) is 3.57. The van der Waals surface area contributed by atoms with Crippen LogP contribution in [0.1, 0.15) is 39.0 Å². The molecule has 1 aliphatic carbocycles. The van der Waals surface area contributed by atoms with E-state index in [1.165, 1.54) is 19.1 Å². The van der Waals surface area contributed by atoms with E-state index in [4.69, 9.17) is 24.9 Å². The van der Waals surface area contributed by atoms with Crippen LogP contribution in [0.4, 0.5) is 4.39 Å². The summed E-state index contributed by atoms with van der Waals surface area (Å²) in [6.07, 6.45) is 11.4. The number of hydrogen-bond donors (Lipinski definition) is 3. The van der Waals surface area contributed by atoms with Crippen molar-refractivity contribution in [1.82, 2.24) is 15.3 Å². The molecule has 1 amide bonds. The van der Waals surface area contributed by atoms with Crippen LogP contribution in [0.25, 0.3) is 0 Å². The fourth-order valence-electron chi connectivity index (χ4n) is 4.40. The Labute approximate surface area is 243 Å². The number of nitroso groups, excluding NO2 is 1. The summed E-state index contributed by atoms with van der Waals surface area (Å²) in [4.78, 5) is 37.1. The number of carbonyl (C=O) groups is 2. The zero-order valence-electron chi connectivity index (χ0n) is 23.2. The molecule has 15 heteroatoms. The number of para-hydroxylation sites is 1. The molecule has 1 fully saturated rings. The lowest BCUT2D eigenvalue weighted by Gasteiger charge is -2.43. The highest BCUT2D eigenvalue weighted by atomic mass is 31.2.